The number of nitrogens with zero attached hydrogens (tertiary/aromatic N) is 7. The van der Waals surface area contributed by atoms with Crippen molar-refractivity contribution >= 4 is 50.4 Å². The van der Waals surface area contributed by atoms with Crippen molar-refractivity contribution in [3.05, 3.63) is 57.7 Å². The Kier molecular flexibility index (Phi) is 6.72. The average Bonchev–Trinajstić information content (AvgIpc) is 3.41. The summed E-state index contributed by atoms with van der Waals surface area (Å²) in [6.45, 7) is 6.74. The van der Waals surface area contributed by atoms with Gasteiger partial charge < -0.3 is 16.0 Å². The molecule has 3 amide bonds. The first-order valence-corrected chi connectivity index (χ1v) is 14.1. The molecule has 12 nitrogen and oxygen atoms in total. The number of nitrogens with two attached hydrogens (primary N) is 1. The van der Waals surface area contributed by atoms with Gasteiger partial charge in [-0.2, -0.15) is 5.10 Å². The van der Waals surface area contributed by atoms with Crippen LogP contribution in [0.5, 0.6) is 0 Å². The topological polar surface area (TPSA) is 162 Å². The maximum Gasteiger partial charge on any atom is 0.269 e. The Labute approximate surface area is 253 Å². The SMILES string of the molecule is Cc1ncc(-c2cc3c(C(N)=O)nn(CC(=O)N4[C@H](C(=O)Nc5nc(Br)c(F)cc5C)C[C@@]5(C)C#C[C@@H]45)c3c(C)n2)cn1. The number of anilines is 1. The van der Waals surface area contributed by atoms with Crippen LogP contribution in [0.15, 0.2) is 29.1 Å². The van der Waals surface area contributed by atoms with E-state index >= 15 is 0 Å². The van der Waals surface area contributed by atoms with E-state index in [1.165, 1.54) is 15.6 Å². The molecule has 4 aromatic heterocycles. The summed E-state index contributed by atoms with van der Waals surface area (Å²) in [6, 6.07) is 1.54. The Morgan fingerprint density at radius 1 is 1.19 bits per heavy atom. The fourth-order valence-electron chi connectivity index (χ4n) is 5.60. The van der Waals surface area contributed by atoms with Crippen LogP contribution in [0.25, 0.3) is 22.2 Å². The minimum atomic E-state index is -0.889. The van der Waals surface area contributed by atoms with Gasteiger partial charge in [0.15, 0.2) is 11.5 Å². The standard InChI is InChI=1S/C29H25BrFN9O3/c1-13-7-18(31)25(30)36-27(13)37-28(43)20-9-29(4)6-5-21(29)40(20)22(41)12-39-24-14(2)35-19(16-10-33-15(3)34-11-16)8-17(24)23(38-39)26(32)42/h7-8,10-11,20-21H,9,12H2,1-4H3,(H2,32,42)(H,36,37,43)/t20-,21+,29+/m0/s1. The zero-order valence-corrected chi connectivity index (χ0v) is 25.2. The second-order valence-corrected chi connectivity index (χ2v) is 11.7. The molecule has 43 heavy (non-hydrogen) atoms. The summed E-state index contributed by atoms with van der Waals surface area (Å²) in [7, 11) is 0. The van der Waals surface area contributed by atoms with E-state index in [1.54, 1.807) is 39.2 Å². The number of carbonyl (C=O) groups is 3. The van der Waals surface area contributed by atoms with E-state index in [-0.39, 0.29) is 22.7 Å². The maximum atomic E-state index is 13.9. The van der Waals surface area contributed by atoms with Crippen molar-refractivity contribution in [3.8, 4) is 23.1 Å². The molecule has 218 valence electrons. The van der Waals surface area contributed by atoms with Gasteiger partial charge in [0.2, 0.25) is 11.8 Å². The molecule has 2 aliphatic rings. The highest BCUT2D eigenvalue weighted by atomic mass is 79.9. The molecule has 0 unspecified atom stereocenters. The number of aromatic nitrogens is 6. The van der Waals surface area contributed by atoms with Crippen molar-refractivity contribution in [2.24, 2.45) is 11.1 Å². The Balaban J connectivity index is 1.33. The lowest BCUT2D eigenvalue weighted by Crippen LogP contribution is -2.50. The number of aryl methyl sites for hydroxylation is 3. The molecule has 1 aliphatic carbocycles. The van der Waals surface area contributed by atoms with Crippen molar-refractivity contribution < 1.29 is 18.8 Å². The Bertz CT molecular complexity index is 1930. The van der Waals surface area contributed by atoms with Gasteiger partial charge in [-0.25, -0.2) is 19.3 Å². The monoisotopic (exact) mass is 645 g/mol. The summed E-state index contributed by atoms with van der Waals surface area (Å²) in [5, 5.41) is 7.56. The van der Waals surface area contributed by atoms with Crippen LogP contribution in [0.3, 0.4) is 0 Å². The number of pyridine rings is 2. The minimum absolute atomic E-state index is 0.0185. The summed E-state index contributed by atoms with van der Waals surface area (Å²) in [5.41, 5.74) is 7.64. The summed E-state index contributed by atoms with van der Waals surface area (Å²) < 4.78 is 15.3. The number of nitrogens with one attached hydrogen (secondary N) is 1. The van der Waals surface area contributed by atoms with Gasteiger partial charge in [0.1, 0.15) is 34.9 Å². The lowest BCUT2D eigenvalue weighted by Gasteiger charge is -2.34. The van der Waals surface area contributed by atoms with Crippen LogP contribution < -0.4 is 11.1 Å². The summed E-state index contributed by atoms with van der Waals surface area (Å²) >= 11 is 3.05. The van der Waals surface area contributed by atoms with Crippen LogP contribution in [0.1, 0.15) is 40.9 Å². The van der Waals surface area contributed by atoms with Gasteiger partial charge in [0.05, 0.1) is 22.3 Å². The molecule has 0 spiro atoms. The Morgan fingerprint density at radius 3 is 2.56 bits per heavy atom. The molecule has 1 saturated heterocycles. The number of rotatable bonds is 6. The first kappa shape index (κ1) is 28.4. The summed E-state index contributed by atoms with van der Waals surface area (Å²) in [6.07, 6.45) is 3.56. The molecule has 0 bridgehead atoms. The van der Waals surface area contributed by atoms with Gasteiger partial charge in [0.25, 0.3) is 5.91 Å². The molecule has 4 aromatic rings. The fourth-order valence-corrected chi connectivity index (χ4v) is 5.89. The molecular weight excluding hydrogens is 621 g/mol. The van der Waals surface area contributed by atoms with E-state index in [2.05, 4.69) is 58.1 Å². The van der Waals surface area contributed by atoms with Crippen LogP contribution in [-0.4, -0.2) is 64.4 Å². The largest absolute Gasteiger partial charge is 0.364 e. The molecule has 0 aromatic carbocycles. The van der Waals surface area contributed by atoms with Crippen LogP contribution in [0.2, 0.25) is 0 Å². The third-order valence-corrected chi connectivity index (χ3v) is 8.34. The molecule has 3 atom stereocenters. The van der Waals surface area contributed by atoms with Crippen molar-refractivity contribution in [1.29, 1.82) is 0 Å². The first-order chi connectivity index (χ1) is 20.4. The number of amides is 3. The number of carbonyl (C=O) groups excluding carboxylic acids is 3. The molecule has 6 rings (SSSR count). The van der Waals surface area contributed by atoms with Crippen molar-refractivity contribution in [3.63, 3.8) is 0 Å². The van der Waals surface area contributed by atoms with E-state index in [4.69, 9.17) is 5.73 Å². The molecule has 0 saturated carbocycles. The number of hydrogen-bond donors (Lipinski definition) is 2. The van der Waals surface area contributed by atoms with E-state index in [0.29, 0.717) is 45.7 Å². The smallest absolute Gasteiger partial charge is 0.269 e. The molecule has 1 aliphatic heterocycles. The van der Waals surface area contributed by atoms with E-state index in [1.807, 2.05) is 6.92 Å². The van der Waals surface area contributed by atoms with Crippen LogP contribution in [-0.2, 0) is 16.1 Å². The Hall–Kier alpha value is -4.77. The average molecular weight is 646 g/mol. The number of halogens is 2. The third-order valence-electron chi connectivity index (χ3n) is 7.78. The summed E-state index contributed by atoms with van der Waals surface area (Å²) in [4.78, 5) is 58.5. The number of primary amides is 1. The minimum Gasteiger partial charge on any atom is -0.364 e. The zero-order chi connectivity index (χ0) is 30.8. The van der Waals surface area contributed by atoms with Crippen molar-refractivity contribution in [2.75, 3.05) is 5.32 Å². The molecule has 3 N–H and O–H groups in total. The molecule has 5 heterocycles. The maximum absolute atomic E-state index is 13.9. The van der Waals surface area contributed by atoms with Crippen LogP contribution in [0.4, 0.5) is 10.2 Å². The van der Waals surface area contributed by atoms with Gasteiger partial charge in [-0.15, -0.1) is 0 Å². The number of likely N-dealkylation sites (tertiary alicyclic amines) is 1. The Morgan fingerprint density at radius 2 is 1.91 bits per heavy atom. The second kappa shape index (κ2) is 10.2. The summed E-state index contributed by atoms with van der Waals surface area (Å²) in [5.74, 6) is 4.66. The molecular formula is C29H25BrFN9O3. The van der Waals surface area contributed by atoms with Gasteiger partial charge in [-0.1, -0.05) is 11.8 Å². The highest BCUT2D eigenvalue weighted by molar-refractivity contribution is 9.10. The van der Waals surface area contributed by atoms with Gasteiger partial charge in [0, 0.05) is 23.3 Å². The van der Waals surface area contributed by atoms with Crippen LogP contribution in [0, 0.1) is 43.8 Å². The number of fused-ring (bicyclic) bond motifs is 2. The second-order valence-electron chi connectivity index (χ2n) is 10.9. The van der Waals surface area contributed by atoms with E-state index in [0.717, 1.165) is 0 Å². The van der Waals surface area contributed by atoms with Crippen molar-refractivity contribution in [2.45, 2.75) is 52.7 Å². The highest BCUT2D eigenvalue weighted by Crippen LogP contribution is 2.45. The van der Waals surface area contributed by atoms with Gasteiger partial charge in [-0.05, 0) is 67.7 Å². The predicted octanol–water partition coefficient (Wildman–Crippen LogP) is 2.84. The van der Waals surface area contributed by atoms with Gasteiger partial charge >= 0.3 is 0 Å². The first-order valence-electron chi connectivity index (χ1n) is 13.3. The lowest BCUT2D eigenvalue weighted by molar-refractivity contribution is -0.138. The van der Waals surface area contributed by atoms with Gasteiger partial charge in [-0.3, -0.25) is 24.0 Å². The normalized spacial score (nSPS) is 20.3. The van der Waals surface area contributed by atoms with E-state index in [9.17, 15) is 18.8 Å². The van der Waals surface area contributed by atoms with E-state index < -0.39 is 41.0 Å². The highest BCUT2D eigenvalue weighted by Gasteiger charge is 2.56. The third kappa shape index (κ3) is 4.79. The van der Waals surface area contributed by atoms with Crippen LogP contribution >= 0.6 is 15.9 Å². The lowest BCUT2D eigenvalue weighted by atomic mass is 9.76. The quantitative estimate of drug-likeness (QED) is 0.239. The zero-order valence-electron chi connectivity index (χ0n) is 23.6. The molecule has 0 radical (unpaired) electrons. The molecule has 1 fully saturated rings. The number of hydrogen-bond acceptors (Lipinski definition) is 8. The van der Waals surface area contributed by atoms with Crippen molar-refractivity contribution in [1.82, 2.24) is 34.6 Å². The molecule has 14 heteroatoms. The predicted molar refractivity (Wildman–Crippen MR) is 157 cm³/mol. The fraction of sp³-hybridized carbons (Fsp3) is 0.310.